The minimum Gasteiger partial charge on any atom is -0.296 e. The van der Waals surface area contributed by atoms with Crippen LogP contribution in [0.15, 0.2) is 24.3 Å². The highest BCUT2D eigenvalue weighted by molar-refractivity contribution is 6.53. The van der Waals surface area contributed by atoms with Crippen LogP contribution in [0.3, 0.4) is 0 Å². The summed E-state index contributed by atoms with van der Waals surface area (Å²) in [6.45, 7) is 2.00. The quantitative estimate of drug-likeness (QED) is 0.711. The average Bonchev–Trinajstić information content (AvgIpc) is 2.08. The van der Waals surface area contributed by atoms with E-state index in [1.807, 2.05) is 31.2 Å². The number of carbonyl (C=O) groups excluding carboxylic acids is 1. The van der Waals surface area contributed by atoms with Crippen molar-refractivity contribution < 1.29 is 4.79 Å². The third-order valence-corrected chi connectivity index (χ3v) is 2.23. The van der Waals surface area contributed by atoms with Crippen LogP contribution >= 0.6 is 23.2 Å². The van der Waals surface area contributed by atoms with E-state index in [2.05, 4.69) is 0 Å². The van der Waals surface area contributed by atoms with Gasteiger partial charge < -0.3 is 0 Å². The van der Waals surface area contributed by atoms with E-state index in [0.717, 1.165) is 5.56 Å². The molecule has 1 rings (SSSR count). The Hall–Kier alpha value is -0.530. The molecule has 0 bridgehead atoms. The van der Waals surface area contributed by atoms with Gasteiger partial charge in [0.2, 0.25) is 0 Å². The number of hydrogen-bond donors (Lipinski definition) is 0. The normalized spacial score (nSPS) is 10.5. The Morgan fingerprint density at radius 3 is 2.31 bits per heavy atom. The maximum absolute atomic E-state index is 11.1. The van der Waals surface area contributed by atoms with Gasteiger partial charge in [-0.1, -0.05) is 53.0 Å². The topological polar surface area (TPSA) is 17.1 Å². The van der Waals surface area contributed by atoms with Crippen molar-refractivity contribution in [2.24, 2.45) is 0 Å². The first-order valence-electron chi connectivity index (χ1n) is 3.96. The fourth-order valence-corrected chi connectivity index (χ4v) is 1.14. The molecule has 0 unspecified atom stereocenters. The van der Waals surface area contributed by atoms with Gasteiger partial charge in [-0.3, -0.25) is 4.79 Å². The summed E-state index contributed by atoms with van der Waals surface area (Å²) in [5.41, 5.74) is 2.12. The molecule has 1 aromatic carbocycles. The van der Waals surface area contributed by atoms with E-state index in [-0.39, 0.29) is 5.78 Å². The molecule has 0 aliphatic carbocycles. The van der Waals surface area contributed by atoms with E-state index in [1.54, 1.807) is 0 Å². The third kappa shape index (κ3) is 3.37. The fraction of sp³-hybridized carbons (Fsp3) is 0.300. The van der Waals surface area contributed by atoms with E-state index in [0.29, 0.717) is 6.42 Å². The molecular weight excluding hydrogens is 207 g/mol. The summed E-state index contributed by atoms with van der Waals surface area (Å²) in [6.07, 6.45) is 0.304. The molecule has 1 nitrogen and oxygen atoms in total. The van der Waals surface area contributed by atoms with Gasteiger partial charge in [-0.2, -0.15) is 0 Å². The van der Waals surface area contributed by atoms with Gasteiger partial charge in [0.15, 0.2) is 10.6 Å². The predicted octanol–water partition coefficient (Wildman–Crippen LogP) is 2.91. The van der Waals surface area contributed by atoms with Crippen molar-refractivity contribution in [2.75, 3.05) is 0 Å². The zero-order valence-corrected chi connectivity index (χ0v) is 8.77. The number of alkyl halides is 2. The standard InChI is InChI=1S/C10H10Cl2O/c1-7-2-4-8(5-3-7)6-9(13)10(11)12/h2-5,10H,6H2,1H3. The van der Waals surface area contributed by atoms with E-state index < -0.39 is 4.84 Å². The number of rotatable bonds is 3. The van der Waals surface area contributed by atoms with Gasteiger partial charge >= 0.3 is 0 Å². The molecule has 0 radical (unpaired) electrons. The maximum atomic E-state index is 11.1. The molecule has 0 N–H and O–H groups in total. The van der Waals surface area contributed by atoms with Crippen LogP contribution in [0, 0.1) is 6.92 Å². The first-order chi connectivity index (χ1) is 6.09. The highest BCUT2D eigenvalue weighted by Crippen LogP contribution is 2.09. The fourth-order valence-electron chi connectivity index (χ4n) is 0.984. The molecule has 0 spiro atoms. The summed E-state index contributed by atoms with van der Waals surface area (Å²) < 4.78 is 0. The lowest BCUT2D eigenvalue weighted by Crippen LogP contribution is -2.10. The van der Waals surface area contributed by atoms with Gasteiger partial charge in [0.25, 0.3) is 0 Å². The number of benzene rings is 1. The second-order valence-corrected chi connectivity index (χ2v) is 4.03. The molecule has 3 heteroatoms. The summed E-state index contributed by atoms with van der Waals surface area (Å²) in [4.78, 5) is 10.2. The number of Topliss-reactive ketones (excluding diaryl/α,β-unsaturated/α-hetero) is 1. The number of halogens is 2. The van der Waals surface area contributed by atoms with Gasteiger partial charge in [0, 0.05) is 6.42 Å². The Bertz CT molecular complexity index is 290. The number of aryl methyl sites for hydroxylation is 1. The second-order valence-electron chi connectivity index (χ2n) is 2.93. The zero-order chi connectivity index (χ0) is 9.84. The molecular formula is C10H10Cl2O. The molecule has 0 aliphatic heterocycles. The van der Waals surface area contributed by atoms with Crippen molar-refractivity contribution in [1.82, 2.24) is 0 Å². The van der Waals surface area contributed by atoms with Crippen LogP contribution in [-0.4, -0.2) is 10.6 Å². The molecule has 0 aliphatic rings. The van der Waals surface area contributed by atoms with Gasteiger partial charge in [0.05, 0.1) is 0 Å². The summed E-state index contributed by atoms with van der Waals surface area (Å²) in [6, 6.07) is 7.73. The van der Waals surface area contributed by atoms with Crippen molar-refractivity contribution in [3.05, 3.63) is 35.4 Å². The molecule has 0 saturated heterocycles. The predicted molar refractivity (Wildman–Crippen MR) is 55.4 cm³/mol. The van der Waals surface area contributed by atoms with Crippen molar-refractivity contribution in [3.63, 3.8) is 0 Å². The van der Waals surface area contributed by atoms with Gasteiger partial charge in [-0.25, -0.2) is 0 Å². The van der Waals surface area contributed by atoms with Crippen LogP contribution in [0.25, 0.3) is 0 Å². The van der Waals surface area contributed by atoms with Crippen molar-refractivity contribution in [2.45, 2.75) is 18.2 Å². The first-order valence-corrected chi connectivity index (χ1v) is 4.83. The summed E-state index contributed by atoms with van der Waals surface area (Å²) in [5.74, 6) is -0.160. The third-order valence-electron chi connectivity index (χ3n) is 1.74. The van der Waals surface area contributed by atoms with Crippen molar-refractivity contribution in [3.8, 4) is 0 Å². The summed E-state index contributed by atoms with van der Waals surface area (Å²) in [5, 5.41) is 0. The van der Waals surface area contributed by atoms with Gasteiger partial charge in [-0.15, -0.1) is 0 Å². The molecule has 0 fully saturated rings. The maximum Gasteiger partial charge on any atom is 0.170 e. The Labute approximate surface area is 87.7 Å². The summed E-state index contributed by atoms with van der Waals surface area (Å²) in [7, 11) is 0. The van der Waals surface area contributed by atoms with Crippen LogP contribution in [0.2, 0.25) is 0 Å². The van der Waals surface area contributed by atoms with Gasteiger partial charge in [0.1, 0.15) is 0 Å². The van der Waals surface area contributed by atoms with Crippen LogP contribution < -0.4 is 0 Å². The minimum atomic E-state index is -0.915. The Morgan fingerprint density at radius 1 is 1.31 bits per heavy atom. The molecule has 0 saturated carbocycles. The number of carbonyl (C=O) groups is 1. The van der Waals surface area contributed by atoms with E-state index >= 15 is 0 Å². The molecule has 0 amide bonds. The van der Waals surface area contributed by atoms with Crippen molar-refractivity contribution in [1.29, 1.82) is 0 Å². The largest absolute Gasteiger partial charge is 0.296 e. The Kier molecular flexibility index (Phi) is 3.76. The molecule has 0 heterocycles. The molecule has 70 valence electrons. The smallest absolute Gasteiger partial charge is 0.170 e. The monoisotopic (exact) mass is 216 g/mol. The number of ketones is 1. The van der Waals surface area contributed by atoms with E-state index in [4.69, 9.17) is 23.2 Å². The zero-order valence-electron chi connectivity index (χ0n) is 7.26. The van der Waals surface area contributed by atoms with Crippen LogP contribution in [0.1, 0.15) is 11.1 Å². The highest BCUT2D eigenvalue weighted by atomic mass is 35.5. The van der Waals surface area contributed by atoms with E-state index in [1.165, 1.54) is 5.56 Å². The SMILES string of the molecule is Cc1ccc(CC(=O)C(Cl)Cl)cc1. The van der Waals surface area contributed by atoms with E-state index in [9.17, 15) is 4.79 Å². The van der Waals surface area contributed by atoms with Crippen LogP contribution in [-0.2, 0) is 11.2 Å². The Balaban J connectivity index is 2.65. The first kappa shape index (κ1) is 10.6. The molecule has 1 aromatic rings. The molecule has 0 atom stereocenters. The van der Waals surface area contributed by atoms with Crippen LogP contribution in [0.4, 0.5) is 0 Å². The Morgan fingerprint density at radius 2 is 1.85 bits per heavy atom. The number of hydrogen-bond acceptors (Lipinski definition) is 1. The molecule has 13 heavy (non-hydrogen) atoms. The lowest BCUT2D eigenvalue weighted by Gasteiger charge is -2.01. The van der Waals surface area contributed by atoms with Crippen molar-refractivity contribution >= 4 is 29.0 Å². The highest BCUT2D eigenvalue weighted by Gasteiger charge is 2.11. The lowest BCUT2D eigenvalue weighted by molar-refractivity contribution is -0.116. The average molecular weight is 217 g/mol. The minimum absolute atomic E-state index is 0.160. The lowest BCUT2D eigenvalue weighted by atomic mass is 10.1. The molecule has 0 aromatic heterocycles. The van der Waals surface area contributed by atoms with Gasteiger partial charge in [-0.05, 0) is 12.5 Å². The summed E-state index contributed by atoms with van der Waals surface area (Å²) >= 11 is 10.9. The van der Waals surface area contributed by atoms with Crippen LogP contribution in [0.5, 0.6) is 0 Å². The second kappa shape index (κ2) is 4.64.